The number of nitrogens with one attached hydrogen (secondary N) is 2. The molecule has 0 aromatic heterocycles. The molecule has 4 nitrogen and oxygen atoms in total. The van der Waals surface area contributed by atoms with Crippen LogP contribution in [0.25, 0.3) is 0 Å². The molecule has 1 unspecified atom stereocenters. The lowest BCUT2D eigenvalue weighted by atomic mass is 10.1. The van der Waals surface area contributed by atoms with Crippen molar-refractivity contribution in [1.29, 1.82) is 5.26 Å². The van der Waals surface area contributed by atoms with Gasteiger partial charge in [0.25, 0.3) is 0 Å². The molecule has 0 aliphatic rings. The van der Waals surface area contributed by atoms with Gasteiger partial charge < -0.3 is 10.6 Å². The smallest absolute Gasteiger partial charge is 0.223 e. The van der Waals surface area contributed by atoms with Crippen LogP contribution in [0, 0.1) is 11.3 Å². The highest BCUT2D eigenvalue weighted by molar-refractivity contribution is 9.10. The minimum absolute atomic E-state index is 0.125. The van der Waals surface area contributed by atoms with Crippen molar-refractivity contribution in [3.63, 3.8) is 0 Å². The number of carbonyl (C=O) groups is 1. The summed E-state index contributed by atoms with van der Waals surface area (Å²) in [7, 11) is 0. The lowest BCUT2D eigenvalue weighted by Gasteiger charge is -2.21. The quantitative estimate of drug-likeness (QED) is 0.895. The van der Waals surface area contributed by atoms with Crippen molar-refractivity contribution in [3.8, 4) is 6.07 Å². The van der Waals surface area contributed by atoms with Gasteiger partial charge >= 0.3 is 0 Å². The second-order valence-electron chi connectivity index (χ2n) is 5.34. The Labute approximate surface area is 122 Å². The van der Waals surface area contributed by atoms with Crippen molar-refractivity contribution >= 4 is 27.5 Å². The van der Waals surface area contributed by atoms with Crippen LogP contribution in [0.2, 0.25) is 0 Å². The van der Waals surface area contributed by atoms with Crippen LogP contribution in [0.1, 0.15) is 27.2 Å². The Balaban J connectivity index is 2.60. The number of hydrogen-bond acceptors (Lipinski definition) is 3. The van der Waals surface area contributed by atoms with E-state index in [1.807, 2.05) is 45.0 Å². The van der Waals surface area contributed by atoms with E-state index in [0.29, 0.717) is 0 Å². The number of halogens is 1. The van der Waals surface area contributed by atoms with Gasteiger partial charge in [-0.3, -0.25) is 4.79 Å². The first kappa shape index (κ1) is 15.5. The standard InChI is InChI=1S/C14H18BrN3O/c1-14(2,3)18-13(19)8-12(9-16)17-11-6-4-5-10(15)7-11/h4-7,12,17H,8H2,1-3H3,(H,18,19). The van der Waals surface area contributed by atoms with Gasteiger partial charge in [-0.15, -0.1) is 0 Å². The average molecular weight is 324 g/mol. The van der Waals surface area contributed by atoms with Crippen LogP contribution in [-0.4, -0.2) is 17.5 Å². The molecule has 0 bridgehead atoms. The number of carbonyl (C=O) groups excluding carboxylic acids is 1. The van der Waals surface area contributed by atoms with Crippen LogP contribution in [0.5, 0.6) is 0 Å². The highest BCUT2D eigenvalue weighted by atomic mass is 79.9. The predicted octanol–water partition coefficient (Wildman–Crippen LogP) is 3.06. The molecule has 0 fully saturated rings. The number of anilines is 1. The Kier molecular flexibility index (Phi) is 5.37. The van der Waals surface area contributed by atoms with Gasteiger partial charge in [0, 0.05) is 15.7 Å². The zero-order chi connectivity index (χ0) is 14.5. The van der Waals surface area contributed by atoms with Gasteiger partial charge in [-0.05, 0) is 39.0 Å². The van der Waals surface area contributed by atoms with Gasteiger partial charge in [0.2, 0.25) is 5.91 Å². The molecule has 0 aliphatic heterocycles. The number of nitriles is 1. The molecule has 0 saturated heterocycles. The maximum Gasteiger partial charge on any atom is 0.223 e. The Hall–Kier alpha value is -1.54. The number of benzene rings is 1. The highest BCUT2D eigenvalue weighted by Crippen LogP contribution is 2.17. The first-order valence-corrected chi connectivity index (χ1v) is 6.82. The molecular weight excluding hydrogens is 306 g/mol. The lowest BCUT2D eigenvalue weighted by molar-refractivity contribution is -0.122. The topological polar surface area (TPSA) is 64.9 Å². The minimum atomic E-state index is -0.545. The summed E-state index contributed by atoms with van der Waals surface area (Å²) in [4.78, 5) is 11.8. The zero-order valence-electron chi connectivity index (χ0n) is 11.3. The number of amides is 1. The molecule has 1 aromatic carbocycles. The maximum atomic E-state index is 11.8. The molecule has 102 valence electrons. The van der Waals surface area contributed by atoms with E-state index in [-0.39, 0.29) is 17.9 Å². The van der Waals surface area contributed by atoms with Crippen LogP contribution in [0.4, 0.5) is 5.69 Å². The molecule has 2 N–H and O–H groups in total. The third kappa shape index (κ3) is 6.25. The number of hydrogen-bond donors (Lipinski definition) is 2. The Bertz CT molecular complexity index is 488. The van der Waals surface area contributed by atoms with E-state index in [1.54, 1.807) is 0 Å². The van der Waals surface area contributed by atoms with Crippen molar-refractivity contribution in [2.45, 2.75) is 38.8 Å². The Morgan fingerprint density at radius 3 is 2.68 bits per heavy atom. The normalized spacial score (nSPS) is 12.4. The lowest BCUT2D eigenvalue weighted by Crippen LogP contribution is -2.42. The van der Waals surface area contributed by atoms with Crippen molar-refractivity contribution in [3.05, 3.63) is 28.7 Å². The summed E-state index contributed by atoms with van der Waals surface area (Å²) in [5.41, 5.74) is 0.525. The Morgan fingerprint density at radius 2 is 2.16 bits per heavy atom. The van der Waals surface area contributed by atoms with E-state index in [9.17, 15) is 4.79 Å². The van der Waals surface area contributed by atoms with Gasteiger partial charge in [-0.2, -0.15) is 5.26 Å². The predicted molar refractivity (Wildman–Crippen MR) is 79.7 cm³/mol. The highest BCUT2D eigenvalue weighted by Gasteiger charge is 2.18. The summed E-state index contributed by atoms with van der Waals surface area (Å²) in [6, 6.07) is 9.05. The fourth-order valence-corrected chi connectivity index (χ4v) is 1.96. The minimum Gasteiger partial charge on any atom is -0.369 e. The molecule has 1 rings (SSSR count). The van der Waals surface area contributed by atoms with Gasteiger partial charge in [0.15, 0.2) is 0 Å². The molecule has 0 aliphatic carbocycles. The molecule has 19 heavy (non-hydrogen) atoms. The van der Waals surface area contributed by atoms with Crippen molar-refractivity contribution < 1.29 is 4.79 Å². The van der Waals surface area contributed by atoms with Gasteiger partial charge in [0.1, 0.15) is 6.04 Å². The van der Waals surface area contributed by atoms with E-state index < -0.39 is 6.04 Å². The van der Waals surface area contributed by atoms with E-state index in [4.69, 9.17) is 5.26 Å². The first-order chi connectivity index (χ1) is 8.80. The van der Waals surface area contributed by atoms with Crippen LogP contribution in [-0.2, 0) is 4.79 Å². The summed E-state index contributed by atoms with van der Waals surface area (Å²) in [6.07, 6.45) is 0.125. The molecule has 1 atom stereocenters. The van der Waals surface area contributed by atoms with Gasteiger partial charge in [0.05, 0.1) is 12.5 Å². The summed E-state index contributed by atoms with van der Waals surface area (Å²) < 4.78 is 0.924. The molecule has 1 aromatic rings. The number of rotatable bonds is 4. The molecule has 0 spiro atoms. The molecule has 0 radical (unpaired) electrons. The SMILES string of the molecule is CC(C)(C)NC(=O)CC(C#N)Nc1cccc(Br)c1. The van der Waals surface area contributed by atoms with E-state index in [1.165, 1.54) is 0 Å². The fourth-order valence-electron chi connectivity index (χ4n) is 1.56. The van der Waals surface area contributed by atoms with Crippen LogP contribution < -0.4 is 10.6 Å². The van der Waals surface area contributed by atoms with E-state index in [2.05, 4.69) is 32.6 Å². The van der Waals surface area contributed by atoms with Crippen LogP contribution in [0.15, 0.2) is 28.7 Å². The van der Waals surface area contributed by atoms with Crippen LogP contribution in [0.3, 0.4) is 0 Å². The largest absolute Gasteiger partial charge is 0.369 e. The van der Waals surface area contributed by atoms with Crippen molar-refractivity contribution in [2.75, 3.05) is 5.32 Å². The molecule has 5 heteroatoms. The summed E-state index contributed by atoms with van der Waals surface area (Å²) in [5, 5.41) is 15.0. The molecule has 0 saturated carbocycles. The van der Waals surface area contributed by atoms with Gasteiger partial charge in [-0.25, -0.2) is 0 Å². The summed E-state index contributed by atoms with van der Waals surface area (Å²) >= 11 is 3.36. The van der Waals surface area contributed by atoms with Crippen LogP contribution >= 0.6 is 15.9 Å². The van der Waals surface area contributed by atoms with Crippen molar-refractivity contribution in [1.82, 2.24) is 5.32 Å². The first-order valence-electron chi connectivity index (χ1n) is 6.03. The maximum absolute atomic E-state index is 11.8. The second kappa shape index (κ2) is 6.58. The third-order valence-corrected chi connectivity index (χ3v) is 2.72. The molecular formula is C14H18BrN3O. The zero-order valence-corrected chi connectivity index (χ0v) is 12.9. The summed E-state index contributed by atoms with van der Waals surface area (Å²) in [5.74, 6) is -0.137. The number of nitrogens with zero attached hydrogens (tertiary/aromatic N) is 1. The van der Waals surface area contributed by atoms with E-state index in [0.717, 1.165) is 10.2 Å². The van der Waals surface area contributed by atoms with Crippen molar-refractivity contribution in [2.24, 2.45) is 0 Å². The molecule has 0 heterocycles. The molecule has 1 amide bonds. The van der Waals surface area contributed by atoms with E-state index >= 15 is 0 Å². The third-order valence-electron chi connectivity index (χ3n) is 2.23. The average Bonchev–Trinajstić information content (AvgIpc) is 2.25. The Morgan fingerprint density at radius 1 is 1.47 bits per heavy atom. The summed E-state index contributed by atoms with van der Waals surface area (Å²) in [6.45, 7) is 5.73. The fraction of sp³-hybridized carbons (Fsp3) is 0.429. The van der Waals surface area contributed by atoms with Gasteiger partial charge in [-0.1, -0.05) is 22.0 Å². The monoisotopic (exact) mass is 323 g/mol. The second-order valence-corrected chi connectivity index (χ2v) is 6.25.